The van der Waals surface area contributed by atoms with Crippen molar-refractivity contribution in [2.45, 2.75) is 26.1 Å². The summed E-state index contributed by atoms with van der Waals surface area (Å²) in [7, 11) is 0. The molecule has 0 saturated carbocycles. The highest BCUT2D eigenvalue weighted by Gasteiger charge is 2.43. The molecule has 0 atom stereocenters. The first-order valence-electron chi connectivity index (χ1n) is 9.81. The van der Waals surface area contributed by atoms with Crippen molar-refractivity contribution < 1.29 is 14.3 Å². The minimum atomic E-state index is -0.848. The van der Waals surface area contributed by atoms with E-state index in [1.807, 2.05) is 74.5 Å². The molecular weight excluding hydrogens is 394 g/mol. The van der Waals surface area contributed by atoms with E-state index in [9.17, 15) is 4.79 Å². The standard InChI is InChI=1S/C23H19N5O3/c1-23(2)21(28-14-24-26-27-28)20(22(29)31-23)16-8-11-18(12-9-16)30-13-17-10-7-15-5-3-4-6-19(15)25-17/h3-12,14H,13H2,1-2H3. The summed E-state index contributed by atoms with van der Waals surface area (Å²) >= 11 is 0. The maximum absolute atomic E-state index is 12.6. The summed E-state index contributed by atoms with van der Waals surface area (Å²) in [5, 5.41) is 12.4. The Morgan fingerprint density at radius 3 is 2.61 bits per heavy atom. The Morgan fingerprint density at radius 2 is 1.84 bits per heavy atom. The number of cyclic esters (lactones) is 1. The highest BCUT2D eigenvalue weighted by atomic mass is 16.6. The van der Waals surface area contributed by atoms with E-state index < -0.39 is 11.6 Å². The van der Waals surface area contributed by atoms with E-state index in [4.69, 9.17) is 9.47 Å². The van der Waals surface area contributed by atoms with Crippen LogP contribution in [0.25, 0.3) is 22.2 Å². The van der Waals surface area contributed by atoms with Gasteiger partial charge in [-0.15, -0.1) is 5.10 Å². The van der Waals surface area contributed by atoms with Crippen LogP contribution in [0.5, 0.6) is 5.75 Å². The number of hydrogen-bond donors (Lipinski definition) is 0. The molecule has 0 saturated heterocycles. The second-order valence-corrected chi connectivity index (χ2v) is 7.69. The summed E-state index contributed by atoms with van der Waals surface area (Å²) in [5.74, 6) is 0.262. The lowest BCUT2D eigenvalue weighted by atomic mass is 9.98. The largest absolute Gasteiger partial charge is 0.487 e. The number of ether oxygens (including phenoxy) is 2. The molecule has 0 amide bonds. The van der Waals surface area contributed by atoms with Gasteiger partial charge in [-0.05, 0) is 54.1 Å². The molecule has 1 aliphatic rings. The Morgan fingerprint density at radius 1 is 1.03 bits per heavy atom. The van der Waals surface area contributed by atoms with Gasteiger partial charge in [0.1, 0.15) is 30.0 Å². The third kappa shape index (κ3) is 3.52. The number of esters is 1. The van der Waals surface area contributed by atoms with Crippen LogP contribution < -0.4 is 4.74 Å². The quantitative estimate of drug-likeness (QED) is 0.462. The van der Waals surface area contributed by atoms with Gasteiger partial charge in [0.25, 0.3) is 0 Å². The molecule has 31 heavy (non-hydrogen) atoms. The Hall–Kier alpha value is -4.07. The molecule has 5 rings (SSSR count). The summed E-state index contributed by atoms with van der Waals surface area (Å²) in [5.41, 5.74) is 2.66. The SMILES string of the molecule is CC1(C)OC(=O)C(c2ccc(OCc3ccc4ccccc4n3)cc2)=C1n1cnnn1. The van der Waals surface area contributed by atoms with Crippen LogP contribution in [0.1, 0.15) is 25.1 Å². The number of nitrogens with zero attached hydrogens (tertiary/aromatic N) is 5. The number of carbonyl (C=O) groups excluding carboxylic acids is 1. The fraction of sp³-hybridized carbons (Fsp3) is 0.174. The van der Waals surface area contributed by atoms with Crippen LogP contribution in [0.4, 0.5) is 0 Å². The van der Waals surface area contributed by atoms with Crippen LogP contribution in [0, 0.1) is 0 Å². The molecule has 2 aromatic carbocycles. The zero-order valence-corrected chi connectivity index (χ0v) is 17.0. The third-order valence-electron chi connectivity index (χ3n) is 5.12. The van der Waals surface area contributed by atoms with Crippen LogP contribution in [-0.2, 0) is 16.1 Å². The van der Waals surface area contributed by atoms with Crippen molar-refractivity contribution in [3.8, 4) is 5.75 Å². The number of carbonyl (C=O) groups is 1. The van der Waals surface area contributed by atoms with Crippen LogP contribution in [-0.4, -0.2) is 36.8 Å². The van der Waals surface area contributed by atoms with E-state index >= 15 is 0 Å². The van der Waals surface area contributed by atoms with Crippen molar-refractivity contribution in [1.29, 1.82) is 0 Å². The molecule has 0 spiro atoms. The van der Waals surface area contributed by atoms with Crippen molar-refractivity contribution >= 4 is 28.1 Å². The fourth-order valence-electron chi connectivity index (χ4n) is 3.70. The van der Waals surface area contributed by atoms with Gasteiger partial charge in [0.2, 0.25) is 0 Å². The topological polar surface area (TPSA) is 92.0 Å². The minimum absolute atomic E-state index is 0.345. The predicted octanol–water partition coefficient (Wildman–Crippen LogP) is 3.50. The van der Waals surface area contributed by atoms with E-state index in [0.717, 1.165) is 16.6 Å². The lowest BCUT2D eigenvalue weighted by Crippen LogP contribution is -2.25. The van der Waals surface area contributed by atoms with Gasteiger partial charge in [0, 0.05) is 5.39 Å². The number of para-hydroxylation sites is 1. The Bertz CT molecular complexity index is 1290. The third-order valence-corrected chi connectivity index (χ3v) is 5.12. The predicted molar refractivity (Wildman–Crippen MR) is 114 cm³/mol. The van der Waals surface area contributed by atoms with Gasteiger partial charge in [0.15, 0.2) is 0 Å². The molecule has 8 nitrogen and oxygen atoms in total. The molecule has 0 fully saturated rings. The maximum atomic E-state index is 12.6. The Labute approximate surface area is 178 Å². The van der Waals surface area contributed by atoms with E-state index in [1.165, 1.54) is 11.0 Å². The molecule has 1 aliphatic heterocycles. The molecule has 0 radical (unpaired) electrons. The highest BCUT2D eigenvalue weighted by molar-refractivity contribution is 6.26. The summed E-state index contributed by atoms with van der Waals surface area (Å²) in [6.07, 6.45) is 1.45. The number of pyridine rings is 1. The summed E-state index contributed by atoms with van der Waals surface area (Å²) in [6.45, 7) is 3.96. The number of rotatable bonds is 5. The van der Waals surface area contributed by atoms with Gasteiger partial charge in [-0.1, -0.05) is 36.4 Å². The smallest absolute Gasteiger partial charge is 0.341 e. The average Bonchev–Trinajstić information content (AvgIpc) is 3.37. The number of hydrogen-bond acceptors (Lipinski definition) is 7. The second-order valence-electron chi connectivity index (χ2n) is 7.69. The first-order valence-corrected chi connectivity index (χ1v) is 9.81. The summed E-state index contributed by atoms with van der Waals surface area (Å²) in [6, 6.07) is 19.2. The fourth-order valence-corrected chi connectivity index (χ4v) is 3.70. The van der Waals surface area contributed by atoms with Crippen molar-refractivity contribution in [3.05, 3.63) is 78.2 Å². The maximum Gasteiger partial charge on any atom is 0.341 e. The number of fused-ring (bicyclic) bond motifs is 1. The average molecular weight is 413 g/mol. The van der Waals surface area contributed by atoms with Crippen LogP contribution in [0.15, 0.2) is 67.0 Å². The lowest BCUT2D eigenvalue weighted by molar-refractivity contribution is -0.142. The van der Waals surface area contributed by atoms with Crippen LogP contribution in [0.2, 0.25) is 0 Å². The summed E-state index contributed by atoms with van der Waals surface area (Å²) < 4.78 is 12.9. The molecular formula is C23H19N5O3. The number of tetrazole rings is 1. The first kappa shape index (κ1) is 18.9. The normalized spacial score (nSPS) is 15.4. The molecule has 0 aliphatic carbocycles. The summed E-state index contributed by atoms with van der Waals surface area (Å²) in [4.78, 5) is 17.2. The second kappa shape index (κ2) is 7.32. The molecule has 0 unspecified atom stereocenters. The lowest BCUT2D eigenvalue weighted by Gasteiger charge is -2.20. The van der Waals surface area contributed by atoms with Gasteiger partial charge < -0.3 is 9.47 Å². The van der Waals surface area contributed by atoms with Crippen molar-refractivity contribution in [2.24, 2.45) is 0 Å². The molecule has 4 aromatic rings. The highest BCUT2D eigenvalue weighted by Crippen LogP contribution is 2.40. The minimum Gasteiger partial charge on any atom is -0.487 e. The zero-order chi connectivity index (χ0) is 21.4. The van der Waals surface area contributed by atoms with E-state index in [-0.39, 0.29) is 0 Å². The van der Waals surface area contributed by atoms with Gasteiger partial charge in [-0.25, -0.2) is 9.78 Å². The van der Waals surface area contributed by atoms with Gasteiger partial charge in [-0.3, -0.25) is 0 Å². The van der Waals surface area contributed by atoms with Gasteiger partial charge >= 0.3 is 5.97 Å². The molecule has 154 valence electrons. The van der Waals surface area contributed by atoms with Crippen molar-refractivity contribution in [3.63, 3.8) is 0 Å². The number of aromatic nitrogens is 5. The van der Waals surface area contributed by atoms with E-state index in [0.29, 0.717) is 29.2 Å². The van der Waals surface area contributed by atoms with Crippen molar-refractivity contribution in [1.82, 2.24) is 25.2 Å². The molecule has 0 bridgehead atoms. The molecule has 0 N–H and O–H groups in total. The monoisotopic (exact) mass is 413 g/mol. The Balaban J connectivity index is 1.39. The molecule has 3 heterocycles. The zero-order valence-electron chi connectivity index (χ0n) is 17.0. The van der Waals surface area contributed by atoms with Crippen molar-refractivity contribution in [2.75, 3.05) is 0 Å². The van der Waals surface area contributed by atoms with E-state index in [2.05, 4.69) is 20.5 Å². The molecule has 2 aromatic heterocycles. The number of benzene rings is 2. The van der Waals surface area contributed by atoms with Crippen LogP contribution in [0.3, 0.4) is 0 Å². The Kier molecular flexibility index (Phi) is 4.47. The van der Waals surface area contributed by atoms with E-state index in [1.54, 1.807) is 0 Å². The van der Waals surface area contributed by atoms with Gasteiger partial charge in [0.05, 0.1) is 16.8 Å². The first-order chi connectivity index (χ1) is 15.0. The van der Waals surface area contributed by atoms with Gasteiger partial charge in [-0.2, -0.15) is 4.68 Å². The molecule has 8 heteroatoms. The van der Waals surface area contributed by atoms with Crippen LogP contribution >= 0.6 is 0 Å².